The van der Waals surface area contributed by atoms with E-state index in [2.05, 4.69) is 0 Å². The van der Waals surface area contributed by atoms with Gasteiger partial charge < -0.3 is 33.5 Å². The molecule has 17 heavy (non-hydrogen) atoms. The molecule has 3 rings (SSSR count). The molecule has 3 saturated heterocycles. The van der Waals surface area contributed by atoms with Gasteiger partial charge >= 0.3 is 0 Å². The second-order valence-corrected chi connectivity index (χ2v) is 4.26. The summed E-state index contributed by atoms with van der Waals surface area (Å²) < 4.78 is 31.7. The van der Waals surface area contributed by atoms with E-state index in [9.17, 15) is 5.11 Å². The van der Waals surface area contributed by atoms with E-state index in [0.717, 1.165) is 0 Å². The molecule has 0 aromatic rings. The van der Waals surface area contributed by atoms with Crippen molar-refractivity contribution in [3.63, 3.8) is 0 Å². The summed E-state index contributed by atoms with van der Waals surface area (Å²) >= 11 is 0. The van der Waals surface area contributed by atoms with Crippen LogP contribution in [0.4, 0.5) is 0 Å². The summed E-state index contributed by atoms with van der Waals surface area (Å²) in [5, 5.41) is 10.2. The van der Waals surface area contributed by atoms with E-state index in [0.29, 0.717) is 13.2 Å². The molecule has 7 heteroatoms. The quantitative estimate of drug-likeness (QED) is 0.674. The Kier molecular flexibility index (Phi) is 3.57. The fourth-order valence-electron chi connectivity index (χ4n) is 2.29. The first kappa shape index (κ1) is 11.8. The van der Waals surface area contributed by atoms with Crippen LogP contribution < -0.4 is 0 Å². The number of rotatable bonds is 3. The Morgan fingerprint density at radius 2 is 1.71 bits per heavy atom. The topological polar surface area (TPSA) is 75.6 Å². The molecule has 0 aromatic heterocycles. The highest BCUT2D eigenvalue weighted by Crippen LogP contribution is 2.26. The van der Waals surface area contributed by atoms with Crippen LogP contribution >= 0.6 is 0 Å². The molecule has 0 spiro atoms. The van der Waals surface area contributed by atoms with Crippen LogP contribution in [0.1, 0.15) is 0 Å². The largest absolute Gasteiger partial charge is 0.387 e. The van der Waals surface area contributed by atoms with Gasteiger partial charge in [0.1, 0.15) is 50.9 Å². The van der Waals surface area contributed by atoms with Crippen molar-refractivity contribution in [3.05, 3.63) is 0 Å². The molecule has 0 amide bonds. The Hall–Kier alpha value is -0.280. The second kappa shape index (κ2) is 5.15. The van der Waals surface area contributed by atoms with Crippen LogP contribution in [0, 0.1) is 0 Å². The molecular weight excluding hydrogens is 232 g/mol. The van der Waals surface area contributed by atoms with Crippen molar-refractivity contribution in [1.82, 2.24) is 0 Å². The predicted molar refractivity (Wildman–Crippen MR) is 52.0 cm³/mol. The van der Waals surface area contributed by atoms with Gasteiger partial charge in [0.05, 0.1) is 13.2 Å². The number of hydrogen-bond acceptors (Lipinski definition) is 7. The van der Waals surface area contributed by atoms with Crippen molar-refractivity contribution >= 4 is 0 Å². The van der Waals surface area contributed by atoms with Gasteiger partial charge in [0.15, 0.2) is 0 Å². The molecule has 0 unspecified atom stereocenters. The van der Waals surface area contributed by atoms with Gasteiger partial charge in [0, 0.05) is 0 Å². The van der Waals surface area contributed by atoms with Gasteiger partial charge in [-0.15, -0.1) is 0 Å². The van der Waals surface area contributed by atoms with Crippen LogP contribution in [0.2, 0.25) is 0 Å². The monoisotopic (exact) mass is 248 g/mol. The van der Waals surface area contributed by atoms with Crippen LogP contribution in [0.25, 0.3) is 0 Å². The highest BCUT2D eigenvalue weighted by molar-refractivity contribution is 4.91. The van der Waals surface area contributed by atoms with E-state index >= 15 is 0 Å². The fourth-order valence-corrected chi connectivity index (χ4v) is 2.29. The smallest absolute Gasteiger partial charge is 0.148 e. The molecule has 3 fully saturated rings. The normalized spacial score (nSPS) is 44.3. The van der Waals surface area contributed by atoms with E-state index in [-0.39, 0.29) is 38.7 Å². The minimum absolute atomic E-state index is 0.153. The van der Waals surface area contributed by atoms with Crippen LogP contribution in [-0.4, -0.2) is 69.2 Å². The molecule has 0 saturated carbocycles. The summed E-state index contributed by atoms with van der Waals surface area (Å²) in [6.45, 7) is 1.45. The standard InChI is InChI=1S/C10H16O7/c11-8(6-1-12-3-14-6)10-9(16-5-17-10)7-2-13-4-15-7/h6-11H,1-5H2/t6-,7-,8+,9+,10-/m0/s1. The fraction of sp³-hybridized carbons (Fsp3) is 1.00. The van der Waals surface area contributed by atoms with E-state index in [1.54, 1.807) is 0 Å². The zero-order chi connectivity index (χ0) is 11.7. The highest BCUT2D eigenvalue weighted by atomic mass is 16.8. The molecule has 0 aliphatic carbocycles. The van der Waals surface area contributed by atoms with Crippen LogP contribution in [0.5, 0.6) is 0 Å². The molecule has 7 nitrogen and oxygen atoms in total. The van der Waals surface area contributed by atoms with E-state index in [1.165, 1.54) is 0 Å². The summed E-state index contributed by atoms with van der Waals surface area (Å²) in [5.74, 6) is 0. The molecule has 3 aliphatic heterocycles. The average molecular weight is 248 g/mol. The van der Waals surface area contributed by atoms with Crippen molar-refractivity contribution in [3.8, 4) is 0 Å². The Balaban J connectivity index is 1.63. The SMILES string of the molecule is O[C@@H]([C@@H]1OCO[C@@H]1[C@@H]1COCO1)[C@@H]1COCO1. The first-order valence-corrected chi connectivity index (χ1v) is 5.66. The average Bonchev–Trinajstić information content (AvgIpc) is 3.09. The van der Waals surface area contributed by atoms with Crippen LogP contribution in [0.3, 0.4) is 0 Å². The second-order valence-electron chi connectivity index (χ2n) is 4.26. The van der Waals surface area contributed by atoms with Gasteiger partial charge in [0.2, 0.25) is 0 Å². The van der Waals surface area contributed by atoms with Crippen molar-refractivity contribution in [2.24, 2.45) is 0 Å². The molecule has 3 aliphatic rings. The predicted octanol–water partition coefficient (Wildman–Crippen LogP) is -1.17. The molecule has 5 atom stereocenters. The van der Waals surface area contributed by atoms with Gasteiger partial charge in [-0.1, -0.05) is 0 Å². The Bertz CT molecular complexity index is 249. The van der Waals surface area contributed by atoms with Crippen LogP contribution in [0.15, 0.2) is 0 Å². The van der Waals surface area contributed by atoms with Crippen molar-refractivity contribution in [2.45, 2.75) is 30.5 Å². The lowest BCUT2D eigenvalue weighted by Gasteiger charge is -2.27. The van der Waals surface area contributed by atoms with Crippen molar-refractivity contribution < 1.29 is 33.5 Å². The molecule has 0 radical (unpaired) electrons. The minimum Gasteiger partial charge on any atom is -0.387 e. The lowest BCUT2D eigenvalue weighted by atomic mass is 10.00. The lowest BCUT2D eigenvalue weighted by molar-refractivity contribution is -0.0899. The maximum absolute atomic E-state index is 10.2. The number of aliphatic hydroxyl groups excluding tert-OH is 1. The summed E-state index contributed by atoms with van der Waals surface area (Å²) in [5.41, 5.74) is 0. The van der Waals surface area contributed by atoms with Crippen molar-refractivity contribution in [1.29, 1.82) is 0 Å². The summed E-state index contributed by atoms with van der Waals surface area (Å²) in [7, 11) is 0. The zero-order valence-electron chi connectivity index (χ0n) is 9.32. The first-order chi connectivity index (χ1) is 8.36. The van der Waals surface area contributed by atoms with Crippen LogP contribution in [-0.2, 0) is 28.4 Å². The van der Waals surface area contributed by atoms with E-state index in [1.807, 2.05) is 0 Å². The van der Waals surface area contributed by atoms with Crippen molar-refractivity contribution in [2.75, 3.05) is 33.6 Å². The summed E-state index contributed by atoms with van der Waals surface area (Å²) in [4.78, 5) is 0. The summed E-state index contributed by atoms with van der Waals surface area (Å²) in [6.07, 6.45) is -2.13. The lowest BCUT2D eigenvalue weighted by Crippen LogP contribution is -2.48. The Labute approximate surface area is 98.5 Å². The highest BCUT2D eigenvalue weighted by Gasteiger charge is 2.45. The minimum atomic E-state index is -0.783. The maximum Gasteiger partial charge on any atom is 0.148 e. The third kappa shape index (κ3) is 2.32. The summed E-state index contributed by atoms with van der Waals surface area (Å²) in [6, 6.07) is 0. The third-order valence-corrected chi connectivity index (χ3v) is 3.22. The molecule has 98 valence electrons. The van der Waals surface area contributed by atoms with Gasteiger partial charge in [0.25, 0.3) is 0 Å². The van der Waals surface area contributed by atoms with Gasteiger partial charge in [-0.3, -0.25) is 0 Å². The molecule has 0 aromatic carbocycles. The zero-order valence-corrected chi connectivity index (χ0v) is 9.32. The third-order valence-electron chi connectivity index (χ3n) is 3.22. The number of ether oxygens (including phenoxy) is 6. The molecule has 0 bridgehead atoms. The number of hydrogen-bond donors (Lipinski definition) is 1. The van der Waals surface area contributed by atoms with Gasteiger partial charge in [-0.05, 0) is 0 Å². The Morgan fingerprint density at radius 1 is 0.882 bits per heavy atom. The first-order valence-electron chi connectivity index (χ1n) is 5.66. The Morgan fingerprint density at radius 3 is 2.41 bits per heavy atom. The van der Waals surface area contributed by atoms with E-state index < -0.39 is 12.2 Å². The van der Waals surface area contributed by atoms with Gasteiger partial charge in [-0.25, -0.2) is 0 Å². The van der Waals surface area contributed by atoms with Gasteiger partial charge in [-0.2, -0.15) is 0 Å². The number of aliphatic hydroxyl groups is 1. The maximum atomic E-state index is 10.2. The molecule has 3 heterocycles. The van der Waals surface area contributed by atoms with E-state index in [4.69, 9.17) is 28.4 Å². The molecular formula is C10H16O7. The molecule has 1 N–H and O–H groups in total.